The van der Waals surface area contributed by atoms with Gasteiger partial charge >= 0.3 is 0 Å². The Kier molecular flexibility index (Phi) is 5.30. The zero-order valence-electron chi connectivity index (χ0n) is 16.5. The molecular formula is C23H31N3O+2. The van der Waals surface area contributed by atoms with E-state index in [1.54, 1.807) is 9.80 Å². The van der Waals surface area contributed by atoms with Gasteiger partial charge in [-0.25, -0.2) is 0 Å². The van der Waals surface area contributed by atoms with Crippen molar-refractivity contribution in [2.45, 2.75) is 20.4 Å². The van der Waals surface area contributed by atoms with Gasteiger partial charge < -0.3 is 19.5 Å². The summed E-state index contributed by atoms with van der Waals surface area (Å²) < 4.78 is 2.42. The van der Waals surface area contributed by atoms with Crippen LogP contribution in [0.3, 0.4) is 0 Å². The molecule has 142 valence electrons. The van der Waals surface area contributed by atoms with Crippen LogP contribution in [0.4, 0.5) is 0 Å². The molecule has 0 saturated carbocycles. The van der Waals surface area contributed by atoms with Crippen molar-refractivity contribution in [2.24, 2.45) is 0 Å². The molecule has 4 heteroatoms. The highest BCUT2D eigenvalue weighted by Crippen LogP contribution is 2.27. The molecule has 0 amide bonds. The second-order valence-electron chi connectivity index (χ2n) is 7.88. The normalized spacial score (nSPS) is 20.3. The summed E-state index contributed by atoms with van der Waals surface area (Å²) in [6, 6.07) is 17.6. The molecule has 0 spiro atoms. The number of nitrogens with zero attached hydrogens (tertiary/aromatic N) is 1. The lowest BCUT2D eigenvalue weighted by atomic mass is 10.1. The molecule has 0 aliphatic carbocycles. The van der Waals surface area contributed by atoms with Crippen LogP contribution in [-0.4, -0.2) is 49.0 Å². The molecule has 3 N–H and O–H groups in total. The summed E-state index contributed by atoms with van der Waals surface area (Å²) >= 11 is 0. The number of aromatic nitrogens is 1. The number of piperazine rings is 1. The number of quaternary nitrogens is 2. The van der Waals surface area contributed by atoms with Crippen molar-refractivity contribution in [2.75, 3.05) is 39.3 Å². The Labute approximate surface area is 161 Å². The van der Waals surface area contributed by atoms with Crippen molar-refractivity contribution in [1.29, 1.82) is 0 Å². The fourth-order valence-electron chi connectivity index (χ4n) is 4.59. The van der Waals surface area contributed by atoms with E-state index in [4.69, 9.17) is 5.11 Å². The maximum absolute atomic E-state index is 9.14. The summed E-state index contributed by atoms with van der Waals surface area (Å²) in [5.74, 6) is 0. The summed E-state index contributed by atoms with van der Waals surface area (Å²) in [6.45, 7) is 11.5. The standard InChI is InChI=1S/C23H29N3O/c1-18-16-21(17-25-12-10-24(11-13-25)14-15-27)19(2)26(18)23-9-5-7-20-6-3-4-8-22(20)23/h3-9,16,27H,10-15,17H2,1-2H3/p+2. The van der Waals surface area contributed by atoms with Crippen molar-refractivity contribution in [3.63, 3.8) is 0 Å². The Morgan fingerprint density at radius 2 is 1.63 bits per heavy atom. The van der Waals surface area contributed by atoms with Gasteiger partial charge in [-0.3, -0.25) is 0 Å². The lowest BCUT2D eigenvalue weighted by molar-refractivity contribution is -1.02. The number of hydrogen-bond acceptors (Lipinski definition) is 1. The maximum Gasteiger partial charge on any atom is 0.127 e. The first-order chi connectivity index (χ1) is 13.2. The number of hydrogen-bond donors (Lipinski definition) is 3. The highest BCUT2D eigenvalue weighted by Gasteiger charge is 2.24. The monoisotopic (exact) mass is 365 g/mol. The third-order valence-corrected chi connectivity index (χ3v) is 6.11. The fourth-order valence-corrected chi connectivity index (χ4v) is 4.59. The molecule has 4 rings (SSSR count). The van der Waals surface area contributed by atoms with E-state index >= 15 is 0 Å². The molecule has 1 fully saturated rings. The number of aryl methyl sites for hydroxylation is 1. The van der Waals surface area contributed by atoms with Crippen molar-refractivity contribution >= 4 is 10.8 Å². The van der Waals surface area contributed by atoms with E-state index in [0.717, 1.165) is 26.2 Å². The molecule has 1 aliphatic heterocycles. The van der Waals surface area contributed by atoms with Gasteiger partial charge in [0.25, 0.3) is 0 Å². The van der Waals surface area contributed by atoms with Crippen molar-refractivity contribution in [3.05, 3.63) is 65.5 Å². The minimum atomic E-state index is 0.302. The molecule has 3 aromatic rings. The maximum atomic E-state index is 9.14. The van der Waals surface area contributed by atoms with Crippen molar-refractivity contribution in [3.8, 4) is 5.69 Å². The van der Waals surface area contributed by atoms with E-state index in [1.165, 1.54) is 46.5 Å². The number of rotatable bonds is 5. The third-order valence-electron chi connectivity index (χ3n) is 6.11. The minimum absolute atomic E-state index is 0.302. The first-order valence-electron chi connectivity index (χ1n) is 10.1. The predicted molar refractivity (Wildman–Crippen MR) is 110 cm³/mol. The zero-order chi connectivity index (χ0) is 18.8. The molecule has 1 aromatic heterocycles. The average molecular weight is 366 g/mol. The van der Waals surface area contributed by atoms with Crippen molar-refractivity contribution < 1.29 is 14.9 Å². The first kappa shape index (κ1) is 18.2. The zero-order valence-corrected chi connectivity index (χ0v) is 16.5. The topological polar surface area (TPSA) is 34.0 Å². The molecule has 0 unspecified atom stereocenters. The van der Waals surface area contributed by atoms with E-state index in [1.807, 2.05) is 0 Å². The molecule has 27 heavy (non-hydrogen) atoms. The Morgan fingerprint density at radius 1 is 0.926 bits per heavy atom. The van der Waals surface area contributed by atoms with Crippen LogP contribution in [0, 0.1) is 13.8 Å². The van der Waals surface area contributed by atoms with E-state index in [0.29, 0.717) is 6.61 Å². The Balaban J connectivity index is 1.59. The lowest BCUT2D eigenvalue weighted by Crippen LogP contribution is -3.27. The van der Waals surface area contributed by atoms with E-state index in [9.17, 15) is 0 Å². The summed E-state index contributed by atoms with van der Waals surface area (Å²) in [7, 11) is 0. The van der Waals surface area contributed by atoms with E-state index in [2.05, 4.69) is 66.9 Å². The Hall–Kier alpha value is -2.14. The minimum Gasteiger partial charge on any atom is -0.391 e. The van der Waals surface area contributed by atoms with Crippen LogP contribution in [-0.2, 0) is 6.54 Å². The van der Waals surface area contributed by atoms with Gasteiger partial charge in [-0.05, 0) is 31.4 Å². The third kappa shape index (κ3) is 3.65. The molecular weight excluding hydrogens is 334 g/mol. The van der Waals surface area contributed by atoms with Gasteiger partial charge in [0.05, 0.1) is 12.3 Å². The average Bonchev–Trinajstić information content (AvgIpc) is 2.96. The van der Waals surface area contributed by atoms with Gasteiger partial charge in [-0.15, -0.1) is 0 Å². The van der Waals surface area contributed by atoms with E-state index < -0.39 is 0 Å². The number of fused-ring (bicyclic) bond motifs is 1. The van der Waals surface area contributed by atoms with Crippen LogP contribution >= 0.6 is 0 Å². The summed E-state index contributed by atoms with van der Waals surface area (Å²) in [4.78, 5) is 3.21. The lowest BCUT2D eigenvalue weighted by Gasteiger charge is -2.29. The molecule has 2 aromatic carbocycles. The number of benzene rings is 2. The van der Waals surface area contributed by atoms with E-state index in [-0.39, 0.29) is 0 Å². The van der Waals surface area contributed by atoms with Gasteiger partial charge in [0.15, 0.2) is 0 Å². The van der Waals surface area contributed by atoms with Gasteiger partial charge in [0, 0.05) is 22.3 Å². The fraction of sp³-hybridized carbons (Fsp3) is 0.391. The quantitative estimate of drug-likeness (QED) is 0.606. The van der Waals surface area contributed by atoms with Crippen LogP contribution in [0.25, 0.3) is 16.5 Å². The van der Waals surface area contributed by atoms with Gasteiger partial charge in [0.1, 0.15) is 39.3 Å². The SMILES string of the molecule is Cc1cc(C[NH+]2CC[NH+](CCO)CC2)c(C)n1-c1cccc2ccccc12. The Morgan fingerprint density at radius 3 is 2.41 bits per heavy atom. The second kappa shape index (κ2) is 7.85. The summed E-state index contributed by atoms with van der Waals surface area (Å²) in [5.41, 5.74) is 5.41. The summed E-state index contributed by atoms with van der Waals surface area (Å²) in [6.07, 6.45) is 0. The number of aliphatic hydroxyl groups is 1. The second-order valence-corrected chi connectivity index (χ2v) is 7.88. The molecule has 2 heterocycles. The molecule has 1 aliphatic rings. The van der Waals surface area contributed by atoms with Crippen LogP contribution in [0.1, 0.15) is 17.0 Å². The molecule has 4 nitrogen and oxygen atoms in total. The molecule has 0 atom stereocenters. The molecule has 0 radical (unpaired) electrons. The molecule has 0 bridgehead atoms. The molecule has 1 saturated heterocycles. The highest BCUT2D eigenvalue weighted by molar-refractivity contribution is 5.90. The predicted octanol–water partition coefficient (Wildman–Crippen LogP) is 0.523. The Bertz CT molecular complexity index is 917. The largest absolute Gasteiger partial charge is 0.391 e. The number of nitrogens with one attached hydrogen (secondary N) is 2. The van der Waals surface area contributed by atoms with Crippen LogP contribution in [0.5, 0.6) is 0 Å². The van der Waals surface area contributed by atoms with Gasteiger partial charge in [0.2, 0.25) is 0 Å². The number of aliphatic hydroxyl groups excluding tert-OH is 1. The highest BCUT2D eigenvalue weighted by atomic mass is 16.3. The summed E-state index contributed by atoms with van der Waals surface area (Å²) in [5, 5.41) is 11.7. The first-order valence-corrected chi connectivity index (χ1v) is 10.1. The van der Waals surface area contributed by atoms with Gasteiger partial charge in [-0.2, -0.15) is 0 Å². The van der Waals surface area contributed by atoms with Crippen LogP contribution in [0.2, 0.25) is 0 Å². The van der Waals surface area contributed by atoms with Crippen molar-refractivity contribution in [1.82, 2.24) is 4.57 Å². The smallest absolute Gasteiger partial charge is 0.127 e. The van der Waals surface area contributed by atoms with Gasteiger partial charge in [-0.1, -0.05) is 36.4 Å². The van der Waals surface area contributed by atoms with Crippen LogP contribution < -0.4 is 9.80 Å². The van der Waals surface area contributed by atoms with Crippen LogP contribution in [0.15, 0.2) is 48.5 Å².